The molecule has 5 rings (SSSR count). The normalized spacial score (nSPS) is 35.9. The van der Waals surface area contributed by atoms with Crippen LogP contribution in [0.4, 0.5) is 5.69 Å². The van der Waals surface area contributed by atoms with Crippen LogP contribution in [0.1, 0.15) is 78.5 Å². The second-order valence-electron chi connectivity index (χ2n) is 19.3. The lowest BCUT2D eigenvalue weighted by atomic mass is 9.79. The average molecular weight is 1000 g/mol. The highest BCUT2D eigenvalue weighted by Crippen LogP contribution is 2.35. The summed E-state index contributed by atoms with van der Waals surface area (Å²) in [6.07, 6.45) is -3.70. The van der Waals surface area contributed by atoms with E-state index in [2.05, 4.69) is 10.3 Å². The molecule has 0 spiro atoms. The van der Waals surface area contributed by atoms with Crippen LogP contribution < -0.4 is 0 Å². The average Bonchev–Trinajstić information content (AvgIpc) is 3.81. The Kier molecular flexibility index (Phi) is 21.9. The highest BCUT2D eigenvalue weighted by Gasteiger charge is 2.48. The van der Waals surface area contributed by atoms with Crippen molar-refractivity contribution in [3.63, 3.8) is 0 Å². The Morgan fingerprint density at radius 1 is 0.930 bits per heavy atom. The number of nitrogens with zero attached hydrogens (tertiary/aromatic N) is 5. The zero-order chi connectivity index (χ0) is 52.1. The number of hydrogen-bond donors (Lipinski definition) is 4. The van der Waals surface area contributed by atoms with Gasteiger partial charge in [0.15, 0.2) is 18.4 Å². The number of aromatic nitrogens is 3. The number of aliphatic hydroxyl groups is 4. The van der Waals surface area contributed by atoms with Crippen LogP contribution in [-0.4, -0.2) is 177 Å². The van der Waals surface area contributed by atoms with Gasteiger partial charge in [-0.25, -0.2) is 0 Å². The van der Waals surface area contributed by atoms with E-state index >= 15 is 0 Å². The molecule has 2 fully saturated rings. The molecule has 4 N–H and O–H groups in total. The van der Waals surface area contributed by atoms with Crippen molar-refractivity contribution in [3.05, 3.63) is 75.6 Å². The van der Waals surface area contributed by atoms with E-state index in [1.54, 1.807) is 75.7 Å². The third-order valence-electron chi connectivity index (χ3n) is 14.1. The first kappa shape index (κ1) is 57.5. The number of cyclic esters (lactones) is 1. The molecule has 0 aliphatic carbocycles. The molecule has 0 bridgehead atoms. The molecule has 0 amide bonds. The predicted molar refractivity (Wildman–Crippen MR) is 255 cm³/mol. The number of benzene rings is 1. The first-order valence-electron chi connectivity index (χ1n) is 24.5. The molecule has 0 saturated carbocycles. The topological polar surface area (TPSA) is 274 Å². The number of nitro groups is 1. The van der Waals surface area contributed by atoms with E-state index in [9.17, 15) is 44.9 Å². The van der Waals surface area contributed by atoms with Crippen molar-refractivity contribution >= 4 is 23.7 Å². The van der Waals surface area contributed by atoms with Crippen LogP contribution in [0.25, 0.3) is 0 Å². The third-order valence-corrected chi connectivity index (χ3v) is 14.1. The minimum Gasteiger partial charge on any atom is -0.462 e. The van der Waals surface area contributed by atoms with Crippen molar-refractivity contribution in [2.45, 2.75) is 166 Å². The number of allylic oxidation sites excluding steroid dienone is 3. The van der Waals surface area contributed by atoms with E-state index in [0.29, 0.717) is 49.9 Å². The van der Waals surface area contributed by atoms with Gasteiger partial charge in [-0.3, -0.25) is 29.3 Å². The molecule has 0 radical (unpaired) electrons. The van der Waals surface area contributed by atoms with Crippen molar-refractivity contribution < 1.29 is 72.9 Å². The van der Waals surface area contributed by atoms with Gasteiger partial charge < -0.3 is 58.4 Å². The van der Waals surface area contributed by atoms with Crippen LogP contribution in [0.2, 0.25) is 0 Å². The van der Waals surface area contributed by atoms with Crippen LogP contribution in [0.15, 0.2) is 54.3 Å². The van der Waals surface area contributed by atoms with Crippen LogP contribution >= 0.6 is 0 Å². The summed E-state index contributed by atoms with van der Waals surface area (Å²) in [5.41, 5.74) is 2.25. The molecule has 21 heteroatoms. The summed E-state index contributed by atoms with van der Waals surface area (Å²) < 4.78 is 43.9. The van der Waals surface area contributed by atoms with Gasteiger partial charge in [0.05, 0.1) is 60.2 Å². The van der Waals surface area contributed by atoms with Crippen molar-refractivity contribution in [3.8, 4) is 0 Å². The SMILES string of the molecule is CC[C@H]1OC(=O)C[C@@H](O)[C@H](C)[C@@H](OC2OC(C)C(O)C(N(C)CCc3cn(CCc4ccc([N+](=O)[O-])cc4)nn3)C2O)[C@@H](CC=O)C[C@@H](C)C(=O)/C=C/C(C)=C/[C@@H]1COC1OC(C)C(O)C(OC)C1OC. The number of rotatable bonds is 18. The highest BCUT2D eigenvalue weighted by atomic mass is 16.7. The van der Waals surface area contributed by atoms with Crippen molar-refractivity contribution in [2.24, 2.45) is 23.7 Å². The summed E-state index contributed by atoms with van der Waals surface area (Å²) in [5.74, 6) is -3.70. The van der Waals surface area contributed by atoms with Gasteiger partial charge in [-0.05, 0) is 64.6 Å². The number of aryl methyl sites for hydroxylation is 2. The first-order valence-corrected chi connectivity index (χ1v) is 24.5. The van der Waals surface area contributed by atoms with E-state index in [1.165, 1.54) is 32.4 Å². The number of aliphatic hydroxyl groups excluding tert-OH is 4. The lowest BCUT2D eigenvalue weighted by Crippen LogP contribution is -2.64. The third kappa shape index (κ3) is 15.3. The molecule has 17 atom stereocenters. The number of nitro benzene ring substituents is 1. The van der Waals surface area contributed by atoms with E-state index < -0.39 is 121 Å². The van der Waals surface area contributed by atoms with E-state index in [-0.39, 0.29) is 30.9 Å². The summed E-state index contributed by atoms with van der Waals surface area (Å²) in [7, 11) is 4.66. The Hall–Kier alpha value is -4.39. The molecular formula is C50H75N5O16. The molecule has 1 aromatic heterocycles. The van der Waals surface area contributed by atoms with Crippen molar-refractivity contribution in [2.75, 3.05) is 34.4 Å². The second kappa shape index (κ2) is 27.1. The van der Waals surface area contributed by atoms with Crippen LogP contribution in [0.5, 0.6) is 0 Å². The van der Waals surface area contributed by atoms with Gasteiger partial charge in [-0.15, -0.1) is 5.10 Å². The van der Waals surface area contributed by atoms with Gasteiger partial charge in [0.25, 0.3) is 5.69 Å². The monoisotopic (exact) mass is 1000 g/mol. The fourth-order valence-corrected chi connectivity index (χ4v) is 9.70. The molecule has 2 aromatic rings. The maximum Gasteiger partial charge on any atom is 0.308 e. The van der Waals surface area contributed by atoms with E-state index in [1.807, 2.05) is 13.0 Å². The minimum absolute atomic E-state index is 0.0134. The minimum atomic E-state index is -1.44. The van der Waals surface area contributed by atoms with Crippen molar-refractivity contribution in [1.82, 2.24) is 19.9 Å². The number of ether oxygens (including phenoxy) is 7. The molecule has 3 aliphatic rings. The Morgan fingerprint density at radius 2 is 1.61 bits per heavy atom. The first-order chi connectivity index (χ1) is 33.8. The summed E-state index contributed by atoms with van der Waals surface area (Å²) in [4.78, 5) is 52.3. The number of likely N-dealkylation sites (N-methyl/N-ethyl adjacent to an activating group) is 1. The summed E-state index contributed by atoms with van der Waals surface area (Å²) in [6, 6.07) is 5.41. The van der Waals surface area contributed by atoms with Crippen molar-refractivity contribution in [1.29, 1.82) is 0 Å². The Morgan fingerprint density at radius 3 is 2.25 bits per heavy atom. The molecule has 4 heterocycles. The van der Waals surface area contributed by atoms with Gasteiger partial charge in [0, 0.05) is 76.2 Å². The second-order valence-corrected chi connectivity index (χ2v) is 19.3. The zero-order valence-corrected chi connectivity index (χ0v) is 42.3. The van der Waals surface area contributed by atoms with Crippen LogP contribution in [0, 0.1) is 33.8 Å². The fraction of sp³-hybridized carbons (Fsp3) is 0.700. The quantitative estimate of drug-likeness (QED) is 0.0723. The summed E-state index contributed by atoms with van der Waals surface area (Å²) in [5, 5.41) is 65.4. The number of aldehydes is 1. The molecule has 71 heavy (non-hydrogen) atoms. The summed E-state index contributed by atoms with van der Waals surface area (Å²) >= 11 is 0. The van der Waals surface area contributed by atoms with E-state index in [4.69, 9.17) is 33.2 Å². The lowest BCUT2D eigenvalue weighted by molar-refractivity contribution is -0.384. The van der Waals surface area contributed by atoms with Gasteiger partial charge in [-0.2, -0.15) is 0 Å². The molecule has 396 valence electrons. The number of methoxy groups -OCH3 is 2. The largest absolute Gasteiger partial charge is 0.462 e. The number of ketones is 1. The maximum absolute atomic E-state index is 13.8. The number of carbonyl (C=O) groups is 3. The molecule has 10 unspecified atom stereocenters. The van der Waals surface area contributed by atoms with Gasteiger partial charge >= 0.3 is 5.97 Å². The van der Waals surface area contributed by atoms with Crippen LogP contribution in [-0.2, 0) is 66.9 Å². The predicted octanol–water partition coefficient (Wildman–Crippen LogP) is 2.92. The van der Waals surface area contributed by atoms with Gasteiger partial charge in [0.2, 0.25) is 0 Å². The number of hydrogen-bond acceptors (Lipinski definition) is 19. The number of carbonyl (C=O) groups excluding carboxylic acids is 3. The molecule has 1 aromatic carbocycles. The number of esters is 1. The molecule has 3 aliphatic heterocycles. The molecule has 21 nitrogen and oxygen atoms in total. The van der Waals surface area contributed by atoms with Gasteiger partial charge in [0.1, 0.15) is 36.8 Å². The Balaban J connectivity index is 1.32. The fourth-order valence-electron chi connectivity index (χ4n) is 9.70. The maximum atomic E-state index is 13.8. The zero-order valence-electron chi connectivity index (χ0n) is 42.3. The Bertz CT molecular complexity index is 2090. The van der Waals surface area contributed by atoms with E-state index in [0.717, 1.165) is 5.56 Å². The van der Waals surface area contributed by atoms with Gasteiger partial charge in [-0.1, -0.05) is 55.8 Å². The smallest absolute Gasteiger partial charge is 0.308 e. The lowest BCUT2D eigenvalue weighted by Gasteiger charge is -2.47. The highest BCUT2D eigenvalue weighted by molar-refractivity contribution is 5.91. The standard InChI is InChI=1S/C50H75N5O16/c1-10-40-35(27-67-50-48(66-9)47(65-8)44(61)32(6)69-50)23-28(2)11-16-38(57)29(3)24-34(19-22-56)46(30(4)39(58)25-41(59)70-40)71-49-45(62)42(43(60)31(5)68-49)53(7)20-18-36-26-54(52-51-36)21-17-33-12-14-37(15-13-33)55(63)64/h11-16,22-23,26,29-32,34-35,39-40,42-50,58,60-62H,10,17-21,24-25,27H2,1-9H3/b16-11+,28-23+/t29-,30+,31?,32?,34+,35-,39-,40-,42?,43?,44?,45?,46-,47?,48?,49?,50?/m1/s1. The summed E-state index contributed by atoms with van der Waals surface area (Å²) in [6.45, 7) is 11.2. The number of non-ortho nitro benzene ring substituents is 1. The Labute approximate surface area is 415 Å². The van der Waals surface area contributed by atoms with Crippen LogP contribution in [0.3, 0.4) is 0 Å². The molecular weight excluding hydrogens is 927 g/mol. The molecule has 2 saturated heterocycles.